The summed E-state index contributed by atoms with van der Waals surface area (Å²) in [5, 5.41) is 3.37. The van der Waals surface area contributed by atoms with E-state index in [-0.39, 0.29) is 5.60 Å². The summed E-state index contributed by atoms with van der Waals surface area (Å²) in [6, 6.07) is 4.37. The van der Waals surface area contributed by atoms with Gasteiger partial charge < -0.3 is 10.1 Å². The van der Waals surface area contributed by atoms with Gasteiger partial charge in [0.05, 0.1) is 17.3 Å². The number of rotatable bonds is 3. The summed E-state index contributed by atoms with van der Waals surface area (Å²) in [6.45, 7) is 4.09. The maximum Gasteiger partial charge on any atom is 0.126 e. The number of nitrogens with one attached hydrogen (secondary N) is 1. The summed E-state index contributed by atoms with van der Waals surface area (Å²) < 4.78 is 6.43. The Balaban J connectivity index is 2.04. The first kappa shape index (κ1) is 10.9. The van der Waals surface area contributed by atoms with Gasteiger partial charge >= 0.3 is 0 Å². The molecule has 1 aromatic rings. The van der Waals surface area contributed by atoms with Crippen molar-refractivity contribution >= 4 is 21.7 Å². The normalized spacial score (nSPS) is 28.9. The van der Waals surface area contributed by atoms with Crippen LogP contribution >= 0.6 is 15.9 Å². The number of anilines is 1. The highest BCUT2D eigenvalue weighted by molar-refractivity contribution is 9.10. The summed E-state index contributed by atoms with van der Waals surface area (Å²) >= 11 is 3.43. The minimum atomic E-state index is -0.0113. The maximum atomic E-state index is 5.39. The summed E-state index contributed by atoms with van der Waals surface area (Å²) in [5.41, 5.74) is 0.989. The van der Waals surface area contributed by atoms with E-state index in [1.54, 1.807) is 7.11 Å². The van der Waals surface area contributed by atoms with Gasteiger partial charge in [0, 0.05) is 18.0 Å². The van der Waals surface area contributed by atoms with Gasteiger partial charge in [0.1, 0.15) is 5.82 Å². The molecule has 1 aliphatic carbocycles. The van der Waals surface area contributed by atoms with E-state index in [0.29, 0.717) is 6.04 Å². The molecule has 0 amide bonds. The van der Waals surface area contributed by atoms with E-state index in [1.807, 2.05) is 19.1 Å². The number of pyridine rings is 1. The van der Waals surface area contributed by atoms with Crippen LogP contribution in [-0.4, -0.2) is 23.7 Å². The van der Waals surface area contributed by atoms with Gasteiger partial charge in [-0.3, -0.25) is 0 Å². The van der Waals surface area contributed by atoms with Crippen LogP contribution in [0.15, 0.2) is 16.6 Å². The molecule has 4 heteroatoms. The van der Waals surface area contributed by atoms with Crippen LogP contribution in [-0.2, 0) is 4.74 Å². The second-order valence-electron chi connectivity index (χ2n) is 4.18. The smallest absolute Gasteiger partial charge is 0.126 e. The fourth-order valence-electron chi connectivity index (χ4n) is 1.58. The Bertz CT molecular complexity index is 383. The zero-order chi connectivity index (χ0) is 11.1. The van der Waals surface area contributed by atoms with Crippen LogP contribution in [0.2, 0.25) is 0 Å². The van der Waals surface area contributed by atoms with E-state index >= 15 is 0 Å². The Morgan fingerprint density at radius 1 is 1.60 bits per heavy atom. The van der Waals surface area contributed by atoms with Gasteiger partial charge in [0.25, 0.3) is 0 Å². The molecule has 0 aliphatic heterocycles. The molecule has 2 atom stereocenters. The molecular weight excluding hydrogens is 256 g/mol. The van der Waals surface area contributed by atoms with E-state index < -0.39 is 0 Å². The van der Waals surface area contributed by atoms with Gasteiger partial charge in [0.15, 0.2) is 0 Å². The monoisotopic (exact) mass is 270 g/mol. The molecule has 0 spiro atoms. The molecule has 82 valence electrons. The second-order valence-corrected chi connectivity index (χ2v) is 5.04. The first-order chi connectivity index (χ1) is 7.05. The predicted octanol–water partition coefficient (Wildman–Crippen LogP) is 2.74. The number of methoxy groups -OCH3 is 1. The summed E-state index contributed by atoms with van der Waals surface area (Å²) in [5.74, 6) is 0.918. The standard InChI is InChI=1S/C11H15BrN2O/c1-7-8(12)4-5-10(13-7)14-9-6-11(9,2)15-3/h4-5,9H,6H2,1-3H3,(H,13,14)/t9-,11+/m1/s1. The number of hydrogen-bond donors (Lipinski definition) is 1. The maximum absolute atomic E-state index is 5.39. The molecule has 1 N–H and O–H groups in total. The zero-order valence-corrected chi connectivity index (χ0v) is 10.8. The van der Waals surface area contributed by atoms with Crippen molar-refractivity contribution in [3.8, 4) is 0 Å². The van der Waals surface area contributed by atoms with E-state index in [1.165, 1.54) is 0 Å². The molecule has 1 heterocycles. The molecule has 1 fully saturated rings. The average Bonchev–Trinajstić information content (AvgIpc) is 2.84. The lowest BCUT2D eigenvalue weighted by Crippen LogP contribution is -2.18. The molecule has 1 aliphatic rings. The number of ether oxygens (including phenoxy) is 1. The number of nitrogens with zero attached hydrogens (tertiary/aromatic N) is 1. The number of hydrogen-bond acceptors (Lipinski definition) is 3. The average molecular weight is 271 g/mol. The van der Waals surface area contributed by atoms with Crippen molar-refractivity contribution < 1.29 is 4.74 Å². The van der Waals surface area contributed by atoms with Crippen molar-refractivity contribution in [1.29, 1.82) is 0 Å². The largest absolute Gasteiger partial charge is 0.376 e. The second kappa shape index (κ2) is 3.76. The molecule has 1 aromatic heterocycles. The fraction of sp³-hybridized carbons (Fsp3) is 0.545. The highest BCUT2D eigenvalue weighted by Gasteiger charge is 2.51. The van der Waals surface area contributed by atoms with Gasteiger partial charge in [-0.05, 0) is 41.9 Å². The highest BCUT2D eigenvalue weighted by atomic mass is 79.9. The third kappa shape index (κ3) is 2.16. The van der Waals surface area contributed by atoms with Crippen molar-refractivity contribution in [3.05, 3.63) is 22.3 Å². The molecule has 1 saturated carbocycles. The van der Waals surface area contributed by atoms with Crippen LogP contribution in [0, 0.1) is 6.92 Å². The fourth-order valence-corrected chi connectivity index (χ4v) is 1.80. The number of aryl methyl sites for hydroxylation is 1. The van der Waals surface area contributed by atoms with Gasteiger partial charge in [0.2, 0.25) is 0 Å². The van der Waals surface area contributed by atoms with Crippen LogP contribution in [0.25, 0.3) is 0 Å². The molecule has 0 unspecified atom stereocenters. The van der Waals surface area contributed by atoms with E-state index in [9.17, 15) is 0 Å². The Kier molecular flexibility index (Phi) is 2.73. The Morgan fingerprint density at radius 3 is 2.87 bits per heavy atom. The topological polar surface area (TPSA) is 34.1 Å². The molecule has 0 bridgehead atoms. The molecule has 0 radical (unpaired) electrons. The van der Waals surface area contributed by atoms with E-state index in [0.717, 1.165) is 22.4 Å². The first-order valence-corrected chi connectivity index (χ1v) is 5.79. The third-order valence-electron chi connectivity index (χ3n) is 3.00. The third-order valence-corrected chi connectivity index (χ3v) is 3.83. The van der Waals surface area contributed by atoms with Crippen molar-refractivity contribution in [2.45, 2.75) is 31.9 Å². The van der Waals surface area contributed by atoms with Gasteiger partial charge in [-0.1, -0.05) is 0 Å². The number of aromatic nitrogens is 1. The summed E-state index contributed by atoms with van der Waals surface area (Å²) in [4.78, 5) is 4.44. The molecule has 2 rings (SSSR count). The minimum absolute atomic E-state index is 0.0113. The van der Waals surface area contributed by atoms with E-state index in [4.69, 9.17) is 4.74 Å². The Morgan fingerprint density at radius 2 is 2.33 bits per heavy atom. The van der Waals surface area contributed by atoms with Crippen LogP contribution < -0.4 is 5.32 Å². The van der Waals surface area contributed by atoms with Crippen LogP contribution in [0.3, 0.4) is 0 Å². The summed E-state index contributed by atoms with van der Waals surface area (Å²) in [7, 11) is 1.75. The molecule has 0 aromatic carbocycles. The highest BCUT2D eigenvalue weighted by Crippen LogP contribution is 2.40. The molecule has 3 nitrogen and oxygen atoms in total. The minimum Gasteiger partial charge on any atom is -0.376 e. The summed E-state index contributed by atoms with van der Waals surface area (Å²) in [6.07, 6.45) is 1.04. The van der Waals surface area contributed by atoms with Gasteiger partial charge in [-0.2, -0.15) is 0 Å². The SMILES string of the molecule is CO[C@@]1(C)C[C@H]1Nc1ccc(Br)c(C)n1. The molecule has 15 heavy (non-hydrogen) atoms. The van der Waals surface area contributed by atoms with Crippen molar-refractivity contribution in [3.63, 3.8) is 0 Å². The van der Waals surface area contributed by atoms with Crippen molar-refractivity contribution in [1.82, 2.24) is 4.98 Å². The van der Waals surface area contributed by atoms with Gasteiger partial charge in [-0.15, -0.1) is 0 Å². The molecular formula is C11H15BrN2O. The Labute approximate surface area is 98.4 Å². The lowest BCUT2D eigenvalue weighted by molar-refractivity contribution is 0.0936. The predicted molar refractivity (Wildman–Crippen MR) is 64.1 cm³/mol. The lowest BCUT2D eigenvalue weighted by atomic mass is 10.3. The number of halogens is 1. The van der Waals surface area contributed by atoms with E-state index in [2.05, 4.69) is 33.2 Å². The van der Waals surface area contributed by atoms with Crippen LogP contribution in [0.5, 0.6) is 0 Å². The zero-order valence-electron chi connectivity index (χ0n) is 9.17. The van der Waals surface area contributed by atoms with Gasteiger partial charge in [-0.25, -0.2) is 4.98 Å². The van der Waals surface area contributed by atoms with Crippen LogP contribution in [0.1, 0.15) is 19.0 Å². The lowest BCUT2D eigenvalue weighted by Gasteiger charge is -2.11. The van der Waals surface area contributed by atoms with Crippen molar-refractivity contribution in [2.24, 2.45) is 0 Å². The Hall–Kier alpha value is -0.610. The quantitative estimate of drug-likeness (QED) is 0.917. The first-order valence-electron chi connectivity index (χ1n) is 5.00. The molecule has 0 saturated heterocycles. The van der Waals surface area contributed by atoms with Crippen molar-refractivity contribution in [2.75, 3.05) is 12.4 Å². The van der Waals surface area contributed by atoms with Crippen LogP contribution in [0.4, 0.5) is 5.82 Å².